The van der Waals surface area contributed by atoms with Crippen LogP contribution in [0.5, 0.6) is 5.75 Å². The van der Waals surface area contributed by atoms with E-state index in [9.17, 15) is 9.59 Å². The van der Waals surface area contributed by atoms with Crippen molar-refractivity contribution in [2.24, 2.45) is 0 Å². The molecule has 0 spiro atoms. The van der Waals surface area contributed by atoms with Crippen LogP contribution in [0.25, 0.3) is 0 Å². The fourth-order valence-electron chi connectivity index (χ4n) is 0.929. The highest BCUT2D eigenvalue weighted by Gasteiger charge is 2.06. The molecular formula is C10H10Br2N2O3. The number of amides is 2. The number of halogens is 2. The van der Waals surface area contributed by atoms with E-state index >= 15 is 0 Å². The molecule has 0 saturated heterocycles. The molecule has 0 unspecified atom stereocenters. The van der Waals surface area contributed by atoms with Crippen molar-refractivity contribution in [1.82, 2.24) is 10.9 Å². The first-order chi connectivity index (χ1) is 7.99. The first kappa shape index (κ1) is 14.0. The van der Waals surface area contributed by atoms with Crippen LogP contribution in [0.1, 0.15) is 6.92 Å². The highest BCUT2D eigenvalue weighted by molar-refractivity contribution is 9.11. The average Bonchev–Trinajstić information content (AvgIpc) is 2.25. The minimum Gasteiger partial charge on any atom is -0.483 e. The summed E-state index contributed by atoms with van der Waals surface area (Å²) in [5.41, 5.74) is 4.36. The van der Waals surface area contributed by atoms with Gasteiger partial charge in [0.1, 0.15) is 5.75 Å². The number of ether oxygens (including phenoxy) is 1. The molecular weight excluding hydrogens is 356 g/mol. The van der Waals surface area contributed by atoms with Crippen molar-refractivity contribution in [3.8, 4) is 5.75 Å². The first-order valence-electron chi connectivity index (χ1n) is 4.62. The van der Waals surface area contributed by atoms with Gasteiger partial charge in [0, 0.05) is 11.4 Å². The van der Waals surface area contributed by atoms with Gasteiger partial charge in [-0.15, -0.1) is 0 Å². The normalized spacial score (nSPS) is 9.59. The summed E-state index contributed by atoms with van der Waals surface area (Å²) in [6.45, 7) is 1.12. The van der Waals surface area contributed by atoms with Gasteiger partial charge < -0.3 is 4.74 Å². The third-order valence-corrected chi connectivity index (χ3v) is 2.74. The molecule has 17 heavy (non-hydrogen) atoms. The summed E-state index contributed by atoms with van der Waals surface area (Å²) < 4.78 is 6.89. The molecule has 0 aromatic heterocycles. The third-order valence-electron chi connectivity index (χ3n) is 1.63. The van der Waals surface area contributed by atoms with Gasteiger partial charge in [-0.2, -0.15) is 0 Å². The Kier molecular flexibility index (Phi) is 5.43. The number of hydrazine groups is 1. The third kappa shape index (κ3) is 5.18. The molecule has 7 heteroatoms. The van der Waals surface area contributed by atoms with E-state index in [0.717, 1.165) is 8.95 Å². The van der Waals surface area contributed by atoms with Gasteiger partial charge in [-0.25, -0.2) is 0 Å². The van der Waals surface area contributed by atoms with E-state index in [-0.39, 0.29) is 12.5 Å². The zero-order valence-electron chi connectivity index (χ0n) is 8.92. The molecule has 0 heterocycles. The van der Waals surface area contributed by atoms with Crippen molar-refractivity contribution in [3.63, 3.8) is 0 Å². The molecule has 0 radical (unpaired) electrons. The van der Waals surface area contributed by atoms with E-state index in [1.165, 1.54) is 6.92 Å². The molecule has 1 aromatic rings. The SMILES string of the molecule is CC(=O)NNC(=O)COc1ccc(Br)cc1Br. The van der Waals surface area contributed by atoms with Gasteiger partial charge in [0.05, 0.1) is 4.47 Å². The molecule has 2 amide bonds. The van der Waals surface area contributed by atoms with Crippen molar-refractivity contribution in [3.05, 3.63) is 27.1 Å². The Morgan fingerprint density at radius 3 is 2.59 bits per heavy atom. The molecule has 92 valence electrons. The van der Waals surface area contributed by atoms with Gasteiger partial charge in [0.15, 0.2) is 6.61 Å². The van der Waals surface area contributed by atoms with Crippen LogP contribution < -0.4 is 15.6 Å². The molecule has 1 aromatic carbocycles. The molecule has 0 bridgehead atoms. The lowest BCUT2D eigenvalue weighted by Gasteiger charge is -2.09. The summed E-state index contributed by atoms with van der Waals surface area (Å²) in [5, 5.41) is 0. The summed E-state index contributed by atoms with van der Waals surface area (Å²) in [6, 6.07) is 5.33. The summed E-state index contributed by atoms with van der Waals surface area (Å²) in [7, 11) is 0. The monoisotopic (exact) mass is 364 g/mol. The first-order valence-corrected chi connectivity index (χ1v) is 6.21. The van der Waals surface area contributed by atoms with Crippen molar-refractivity contribution >= 4 is 43.7 Å². The van der Waals surface area contributed by atoms with E-state index in [1.54, 1.807) is 18.2 Å². The van der Waals surface area contributed by atoms with Gasteiger partial charge in [0.25, 0.3) is 5.91 Å². The Balaban J connectivity index is 2.44. The van der Waals surface area contributed by atoms with E-state index in [0.29, 0.717) is 5.75 Å². The lowest BCUT2D eigenvalue weighted by atomic mass is 10.3. The maximum Gasteiger partial charge on any atom is 0.276 e. The van der Waals surface area contributed by atoms with Crippen LogP contribution in [0.15, 0.2) is 27.1 Å². The van der Waals surface area contributed by atoms with E-state index in [1.807, 2.05) is 0 Å². The standard InChI is InChI=1S/C10H10Br2N2O3/c1-6(15)13-14-10(16)5-17-9-3-2-7(11)4-8(9)12/h2-4H,5H2,1H3,(H,13,15)(H,14,16). The fraction of sp³-hybridized carbons (Fsp3) is 0.200. The summed E-state index contributed by atoms with van der Waals surface area (Å²) in [4.78, 5) is 21.8. The van der Waals surface area contributed by atoms with Crippen molar-refractivity contribution in [2.75, 3.05) is 6.61 Å². The zero-order chi connectivity index (χ0) is 12.8. The second-order valence-electron chi connectivity index (χ2n) is 3.09. The van der Waals surface area contributed by atoms with Crippen LogP contribution in [0.3, 0.4) is 0 Å². The van der Waals surface area contributed by atoms with E-state index in [2.05, 4.69) is 42.7 Å². The quantitative estimate of drug-likeness (QED) is 0.802. The van der Waals surface area contributed by atoms with Gasteiger partial charge in [-0.1, -0.05) is 15.9 Å². The van der Waals surface area contributed by atoms with Crippen LogP contribution >= 0.6 is 31.9 Å². The van der Waals surface area contributed by atoms with Crippen LogP contribution in [0.4, 0.5) is 0 Å². The number of hydrogen-bond acceptors (Lipinski definition) is 3. The van der Waals surface area contributed by atoms with Gasteiger partial charge in [-0.3, -0.25) is 20.4 Å². The van der Waals surface area contributed by atoms with Gasteiger partial charge in [0.2, 0.25) is 5.91 Å². The molecule has 0 aliphatic carbocycles. The second-order valence-corrected chi connectivity index (χ2v) is 4.86. The lowest BCUT2D eigenvalue weighted by Crippen LogP contribution is -2.42. The predicted octanol–water partition coefficient (Wildman–Crippen LogP) is 1.76. The Hall–Kier alpha value is -1.08. The summed E-state index contributed by atoms with van der Waals surface area (Å²) in [6.07, 6.45) is 0. The molecule has 0 atom stereocenters. The van der Waals surface area contributed by atoms with Crippen molar-refractivity contribution in [2.45, 2.75) is 6.92 Å². The molecule has 0 fully saturated rings. The Morgan fingerprint density at radius 2 is 2.00 bits per heavy atom. The number of rotatable bonds is 3. The van der Waals surface area contributed by atoms with E-state index in [4.69, 9.17) is 4.74 Å². The number of hydrogen-bond donors (Lipinski definition) is 2. The number of benzene rings is 1. The molecule has 1 rings (SSSR count). The van der Waals surface area contributed by atoms with Crippen LogP contribution in [0.2, 0.25) is 0 Å². The second kappa shape index (κ2) is 6.61. The zero-order valence-corrected chi connectivity index (χ0v) is 12.1. The van der Waals surface area contributed by atoms with Gasteiger partial charge in [-0.05, 0) is 34.1 Å². The number of carbonyl (C=O) groups excluding carboxylic acids is 2. The maximum atomic E-state index is 11.2. The Labute approximate surface area is 115 Å². The van der Waals surface area contributed by atoms with Crippen molar-refractivity contribution in [1.29, 1.82) is 0 Å². The fourth-order valence-corrected chi connectivity index (χ4v) is 2.09. The van der Waals surface area contributed by atoms with Crippen LogP contribution in [0, 0.1) is 0 Å². The minimum absolute atomic E-state index is 0.180. The molecule has 2 N–H and O–H groups in total. The predicted molar refractivity (Wildman–Crippen MR) is 69.3 cm³/mol. The Bertz CT molecular complexity index is 438. The molecule has 5 nitrogen and oxygen atoms in total. The summed E-state index contributed by atoms with van der Waals surface area (Å²) >= 11 is 6.61. The number of carbonyl (C=O) groups is 2. The topological polar surface area (TPSA) is 67.4 Å². The smallest absolute Gasteiger partial charge is 0.276 e. The van der Waals surface area contributed by atoms with Crippen LogP contribution in [-0.2, 0) is 9.59 Å². The van der Waals surface area contributed by atoms with Crippen LogP contribution in [-0.4, -0.2) is 18.4 Å². The van der Waals surface area contributed by atoms with E-state index < -0.39 is 5.91 Å². The number of nitrogens with one attached hydrogen (secondary N) is 2. The minimum atomic E-state index is -0.435. The maximum absolute atomic E-state index is 11.2. The molecule has 0 aliphatic heterocycles. The van der Waals surface area contributed by atoms with Crippen molar-refractivity contribution < 1.29 is 14.3 Å². The molecule has 0 saturated carbocycles. The largest absolute Gasteiger partial charge is 0.483 e. The highest BCUT2D eigenvalue weighted by Crippen LogP contribution is 2.27. The summed E-state index contributed by atoms with van der Waals surface area (Å²) in [5.74, 6) is -0.232. The van der Waals surface area contributed by atoms with Gasteiger partial charge >= 0.3 is 0 Å². The lowest BCUT2D eigenvalue weighted by molar-refractivity contribution is -0.129. The average molecular weight is 366 g/mol. The highest BCUT2D eigenvalue weighted by atomic mass is 79.9. The Morgan fingerprint density at radius 1 is 1.29 bits per heavy atom. The molecule has 0 aliphatic rings.